The zero-order valence-electron chi connectivity index (χ0n) is 14.2. The summed E-state index contributed by atoms with van der Waals surface area (Å²) in [5.41, 5.74) is 4.74. The van der Waals surface area contributed by atoms with Crippen molar-refractivity contribution in [2.75, 3.05) is 20.2 Å². The normalized spacial score (nSPS) is 37.8. The van der Waals surface area contributed by atoms with Crippen molar-refractivity contribution in [2.24, 2.45) is 16.8 Å². The lowest BCUT2D eigenvalue weighted by molar-refractivity contribution is -0.145. The number of piperidine rings is 1. The molecule has 1 spiro atoms. The highest BCUT2D eigenvalue weighted by Crippen LogP contribution is 2.59. The number of hydrogen-bond acceptors (Lipinski definition) is 4. The second-order valence-corrected chi connectivity index (χ2v) is 7.43. The summed E-state index contributed by atoms with van der Waals surface area (Å²) < 4.78 is 5.22. The summed E-state index contributed by atoms with van der Waals surface area (Å²) in [5.74, 6) is -0.114. The van der Waals surface area contributed by atoms with Gasteiger partial charge in [-0.2, -0.15) is 0 Å². The van der Waals surface area contributed by atoms with E-state index in [0.29, 0.717) is 6.04 Å². The quantitative estimate of drug-likeness (QED) is 0.590. The Labute approximate surface area is 142 Å². The van der Waals surface area contributed by atoms with Crippen molar-refractivity contribution in [3.8, 4) is 0 Å². The Morgan fingerprint density at radius 2 is 2.25 bits per heavy atom. The van der Waals surface area contributed by atoms with Crippen LogP contribution in [-0.4, -0.2) is 42.8 Å². The van der Waals surface area contributed by atoms with E-state index >= 15 is 0 Å². The molecule has 0 unspecified atom stereocenters. The van der Waals surface area contributed by atoms with Crippen molar-refractivity contribution in [1.82, 2.24) is 4.90 Å². The van der Waals surface area contributed by atoms with Crippen LogP contribution in [0.2, 0.25) is 0 Å². The molecule has 1 aromatic carbocycles. The molecule has 3 fully saturated rings. The highest BCUT2D eigenvalue weighted by molar-refractivity contribution is 6.14. The van der Waals surface area contributed by atoms with Gasteiger partial charge in [-0.25, -0.2) is 0 Å². The molecule has 0 N–H and O–H groups in total. The molecule has 1 saturated carbocycles. The summed E-state index contributed by atoms with van der Waals surface area (Å²) in [7, 11) is 1.50. The molecule has 4 aliphatic rings. The first-order valence-electron chi connectivity index (χ1n) is 8.86. The molecular formula is C20H22N2O2. The van der Waals surface area contributed by atoms with Gasteiger partial charge in [-0.3, -0.25) is 14.7 Å². The average molecular weight is 322 g/mol. The van der Waals surface area contributed by atoms with E-state index in [0.717, 1.165) is 37.3 Å². The van der Waals surface area contributed by atoms with Crippen molar-refractivity contribution in [2.45, 2.75) is 31.2 Å². The molecule has 4 nitrogen and oxygen atoms in total. The van der Waals surface area contributed by atoms with Crippen LogP contribution in [0, 0.1) is 11.8 Å². The van der Waals surface area contributed by atoms with Gasteiger partial charge in [0.2, 0.25) is 0 Å². The summed E-state index contributed by atoms with van der Waals surface area (Å²) >= 11 is 0. The number of ether oxygens (including phenoxy) is 1. The maximum atomic E-state index is 12.7. The van der Waals surface area contributed by atoms with Gasteiger partial charge in [0.1, 0.15) is 5.92 Å². The summed E-state index contributed by atoms with van der Waals surface area (Å²) in [4.78, 5) is 20.4. The largest absolute Gasteiger partial charge is 0.468 e. The third-order valence-corrected chi connectivity index (χ3v) is 6.75. The Morgan fingerprint density at radius 3 is 3.04 bits per heavy atom. The molecule has 3 heterocycles. The van der Waals surface area contributed by atoms with E-state index in [-0.39, 0.29) is 23.2 Å². The maximum absolute atomic E-state index is 12.7. The first kappa shape index (κ1) is 14.4. The van der Waals surface area contributed by atoms with Crippen LogP contribution in [0.15, 0.2) is 40.9 Å². The van der Waals surface area contributed by atoms with Crippen molar-refractivity contribution in [3.63, 3.8) is 0 Å². The van der Waals surface area contributed by atoms with Crippen LogP contribution >= 0.6 is 0 Å². The van der Waals surface area contributed by atoms with Crippen LogP contribution in [0.3, 0.4) is 0 Å². The van der Waals surface area contributed by atoms with Gasteiger partial charge in [-0.15, -0.1) is 0 Å². The van der Waals surface area contributed by atoms with Crippen LogP contribution in [0.4, 0.5) is 5.69 Å². The Morgan fingerprint density at radius 1 is 1.42 bits per heavy atom. The molecule has 0 aromatic heterocycles. The predicted octanol–water partition coefficient (Wildman–Crippen LogP) is 2.85. The van der Waals surface area contributed by atoms with E-state index in [4.69, 9.17) is 9.73 Å². The summed E-state index contributed by atoms with van der Waals surface area (Å²) in [5, 5.41) is 0. The van der Waals surface area contributed by atoms with E-state index in [1.807, 2.05) is 6.07 Å². The van der Waals surface area contributed by atoms with E-state index in [1.165, 1.54) is 18.2 Å². The SMILES string of the molecule is C/C=C1/CN2CC[C@@]34C(=Nc5ccccc53)[C@H](C(=O)OC)[C@@H]1C[C@H]24. The number of nitrogens with zero attached hydrogens (tertiary/aromatic N) is 2. The lowest BCUT2D eigenvalue weighted by atomic mass is 9.56. The monoisotopic (exact) mass is 322 g/mol. The minimum Gasteiger partial charge on any atom is -0.468 e. The van der Waals surface area contributed by atoms with Crippen molar-refractivity contribution in [3.05, 3.63) is 41.5 Å². The van der Waals surface area contributed by atoms with Gasteiger partial charge in [0, 0.05) is 30.8 Å². The number of esters is 1. The Hall–Kier alpha value is -1.94. The van der Waals surface area contributed by atoms with Crippen molar-refractivity contribution < 1.29 is 9.53 Å². The minimum atomic E-state index is -0.231. The third-order valence-electron chi connectivity index (χ3n) is 6.75. The number of methoxy groups -OCH3 is 1. The van der Waals surface area contributed by atoms with Gasteiger partial charge < -0.3 is 4.74 Å². The standard InChI is InChI=1S/C20H22N2O2/c1-3-12-11-22-9-8-20-14-6-4-5-7-15(14)21-18(20)17(19(23)24-2)13(12)10-16(20)22/h3-7,13,16-17H,8-11H2,1-2H3/b12-3-/t13-,16+,17-,20-/m1/s1. The van der Waals surface area contributed by atoms with Crippen LogP contribution in [0.5, 0.6) is 0 Å². The molecule has 3 aliphatic heterocycles. The van der Waals surface area contributed by atoms with Gasteiger partial charge in [-0.05, 0) is 31.4 Å². The van der Waals surface area contributed by atoms with E-state index in [9.17, 15) is 4.79 Å². The van der Waals surface area contributed by atoms with Gasteiger partial charge >= 0.3 is 5.97 Å². The Bertz CT molecular complexity index is 797. The number of para-hydroxylation sites is 1. The average Bonchev–Trinajstić information content (AvgIpc) is 3.17. The molecule has 1 aliphatic carbocycles. The van der Waals surface area contributed by atoms with Gasteiger partial charge in [0.05, 0.1) is 18.2 Å². The number of benzene rings is 1. The van der Waals surface area contributed by atoms with Crippen molar-refractivity contribution >= 4 is 17.4 Å². The fourth-order valence-electron chi connectivity index (χ4n) is 5.76. The predicted molar refractivity (Wildman–Crippen MR) is 92.6 cm³/mol. The second-order valence-electron chi connectivity index (χ2n) is 7.43. The topological polar surface area (TPSA) is 41.9 Å². The van der Waals surface area contributed by atoms with E-state index < -0.39 is 0 Å². The molecule has 4 heteroatoms. The molecule has 0 radical (unpaired) electrons. The Balaban J connectivity index is 1.76. The number of allylic oxidation sites excluding steroid dienone is 1. The maximum Gasteiger partial charge on any atom is 0.315 e. The van der Waals surface area contributed by atoms with Gasteiger partial charge in [0.15, 0.2) is 0 Å². The number of carbonyl (C=O) groups is 1. The van der Waals surface area contributed by atoms with Crippen LogP contribution in [0.25, 0.3) is 0 Å². The van der Waals surface area contributed by atoms with E-state index in [2.05, 4.69) is 36.1 Å². The zero-order valence-corrected chi connectivity index (χ0v) is 14.2. The molecule has 1 aromatic rings. The Kier molecular flexibility index (Phi) is 2.88. The first-order chi connectivity index (χ1) is 11.7. The van der Waals surface area contributed by atoms with Crippen LogP contribution in [-0.2, 0) is 14.9 Å². The first-order valence-corrected chi connectivity index (χ1v) is 8.86. The molecule has 4 atom stereocenters. The fraction of sp³-hybridized carbons (Fsp3) is 0.500. The number of fused-ring (bicyclic) bond motifs is 2. The van der Waals surface area contributed by atoms with Crippen molar-refractivity contribution in [1.29, 1.82) is 0 Å². The number of carbonyl (C=O) groups excluding carboxylic acids is 1. The number of hydrogen-bond donors (Lipinski definition) is 0. The van der Waals surface area contributed by atoms with Gasteiger partial charge in [-0.1, -0.05) is 29.8 Å². The number of rotatable bonds is 1. The van der Waals surface area contributed by atoms with Gasteiger partial charge in [0.25, 0.3) is 0 Å². The molecule has 0 amide bonds. The highest BCUT2D eigenvalue weighted by Gasteiger charge is 2.64. The van der Waals surface area contributed by atoms with E-state index in [1.54, 1.807) is 0 Å². The van der Waals surface area contributed by atoms with Crippen LogP contribution in [0.1, 0.15) is 25.3 Å². The summed E-state index contributed by atoms with van der Waals surface area (Å²) in [6.45, 7) is 4.15. The fourth-order valence-corrected chi connectivity index (χ4v) is 5.76. The molecule has 2 saturated heterocycles. The summed E-state index contributed by atoms with van der Waals surface area (Å²) in [6.07, 6.45) is 4.29. The zero-order chi connectivity index (χ0) is 16.5. The molecule has 124 valence electrons. The lowest BCUT2D eigenvalue weighted by Crippen LogP contribution is -2.60. The molecular weight excluding hydrogens is 300 g/mol. The van der Waals surface area contributed by atoms with Crippen LogP contribution < -0.4 is 0 Å². The molecule has 5 rings (SSSR count). The second kappa shape index (κ2) is 4.79. The smallest absolute Gasteiger partial charge is 0.315 e. The molecule has 2 bridgehead atoms. The summed E-state index contributed by atoms with van der Waals surface area (Å²) in [6, 6.07) is 8.92. The highest BCUT2D eigenvalue weighted by atomic mass is 16.5. The lowest BCUT2D eigenvalue weighted by Gasteiger charge is -2.51. The number of aliphatic imine (C=N–C) groups is 1. The molecule has 24 heavy (non-hydrogen) atoms. The minimum absolute atomic E-state index is 0.0782. The third kappa shape index (κ3) is 1.53.